The minimum absolute atomic E-state index is 0.381. The SMILES string of the molecule is COc1cc(C(C=O)N(C)C(=O)OC(C)(C)C)ccn1. The van der Waals surface area contributed by atoms with E-state index in [2.05, 4.69) is 4.98 Å². The zero-order valence-electron chi connectivity index (χ0n) is 12.4. The molecule has 0 aliphatic heterocycles. The molecule has 0 fully saturated rings. The molecule has 1 unspecified atom stereocenters. The Bertz CT molecular complexity index is 482. The maximum Gasteiger partial charge on any atom is 0.410 e. The van der Waals surface area contributed by atoms with Gasteiger partial charge in [-0.15, -0.1) is 0 Å². The molecule has 0 radical (unpaired) electrons. The Labute approximate surface area is 118 Å². The van der Waals surface area contributed by atoms with Crippen molar-refractivity contribution in [2.75, 3.05) is 14.2 Å². The summed E-state index contributed by atoms with van der Waals surface area (Å²) in [5.41, 5.74) is -0.00505. The first-order valence-corrected chi connectivity index (χ1v) is 6.19. The van der Waals surface area contributed by atoms with Crippen molar-refractivity contribution in [2.24, 2.45) is 0 Å². The van der Waals surface area contributed by atoms with Crippen molar-refractivity contribution in [3.05, 3.63) is 23.9 Å². The van der Waals surface area contributed by atoms with Crippen LogP contribution in [0.4, 0.5) is 4.79 Å². The van der Waals surface area contributed by atoms with E-state index in [-0.39, 0.29) is 0 Å². The highest BCUT2D eigenvalue weighted by Crippen LogP contribution is 2.22. The highest BCUT2D eigenvalue weighted by Gasteiger charge is 2.26. The maximum atomic E-state index is 12.0. The molecular formula is C14H20N2O4. The lowest BCUT2D eigenvalue weighted by atomic mass is 10.1. The smallest absolute Gasteiger partial charge is 0.410 e. The molecule has 1 amide bonds. The number of pyridine rings is 1. The quantitative estimate of drug-likeness (QED) is 0.791. The second kappa shape index (κ2) is 6.36. The number of aromatic nitrogens is 1. The van der Waals surface area contributed by atoms with Gasteiger partial charge in [-0.1, -0.05) is 0 Å². The van der Waals surface area contributed by atoms with Crippen molar-refractivity contribution in [3.8, 4) is 5.88 Å². The van der Waals surface area contributed by atoms with Gasteiger partial charge in [0.05, 0.1) is 7.11 Å². The molecule has 0 N–H and O–H groups in total. The molecule has 0 bridgehead atoms. The number of aldehydes is 1. The van der Waals surface area contributed by atoms with E-state index in [0.29, 0.717) is 17.7 Å². The topological polar surface area (TPSA) is 68.7 Å². The molecule has 20 heavy (non-hydrogen) atoms. The van der Waals surface area contributed by atoms with Crippen LogP contribution >= 0.6 is 0 Å². The third kappa shape index (κ3) is 4.22. The van der Waals surface area contributed by atoms with Crippen LogP contribution in [-0.2, 0) is 9.53 Å². The van der Waals surface area contributed by atoms with E-state index >= 15 is 0 Å². The first-order valence-electron chi connectivity index (χ1n) is 6.19. The monoisotopic (exact) mass is 280 g/mol. The van der Waals surface area contributed by atoms with Crippen molar-refractivity contribution in [3.63, 3.8) is 0 Å². The van der Waals surface area contributed by atoms with E-state index < -0.39 is 17.7 Å². The normalized spacial score (nSPS) is 12.4. The van der Waals surface area contributed by atoms with Gasteiger partial charge in [-0.2, -0.15) is 0 Å². The van der Waals surface area contributed by atoms with Gasteiger partial charge in [0.2, 0.25) is 5.88 Å². The number of carbonyl (C=O) groups excluding carboxylic acids is 2. The Morgan fingerprint density at radius 1 is 1.45 bits per heavy atom. The van der Waals surface area contributed by atoms with Gasteiger partial charge in [0.1, 0.15) is 17.9 Å². The highest BCUT2D eigenvalue weighted by atomic mass is 16.6. The first-order chi connectivity index (χ1) is 9.28. The minimum Gasteiger partial charge on any atom is -0.481 e. The van der Waals surface area contributed by atoms with Crippen LogP contribution in [0.3, 0.4) is 0 Å². The number of amides is 1. The fourth-order valence-corrected chi connectivity index (χ4v) is 1.56. The number of hydrogen-bond donors (Lipinski definition) is 0. The van der Waals surface area contributed by atoms with Gasteiger partial charge in [0.15, 0.2) is 0 Å². The lowest BCUT2D eigenvalue weighted by molar-refractivity contribution is -0.112. The van der Waals surface area contributed by atoms with Gasteiger partial charge < -0.3 is 14.3 Å². The van der Waals surface area contributed by atoms with Gasteiger partial charge in [-0.25, -0.2) is 9.78 Å². The molecule has 6 nitrogen and oxygen atoms in total. The summed E-state index contributed by atoms with van der Waals surface area (Å²) >= 11 is 0. The Kier molecular flexibility index (Phi) is 5.07. The summed E-state index contributed by atoms with van der Waals surface area (Å²) in [6, 6.07) is 2.52. The van der Waals surface area contributed by atoms with Crippen LogP contribution in [0, 0.1) is 0 Å². The zero-order valence-corrected chi connectivity index (χ0v) is 12.4. The average molecular weight is 280 g/mol. The molecular weight excluding hydrogens is 260 g/mol. The number of carbonyl (C=O) groups is 2. The summed E-state index contributed by atoms with van der Waals surface area (Å²) in [6.07, 6.45) is 1.64. The van der Waals surface area contributed by atoms with Crippen LogP contribution in [0.5, 0.6) is 5.88 Å². The number of methoxy groups -OCH3 is 1. The summed E-state index contributed by atoms with van der Waals surface area (Å²) in [5.74, 6) is 0.381. The van der Waals surface area contributed by atoms with E-state index in [4.69, 9.17) is 9.47 Å². The number of rotatable bonds is 4. The third-order valence-corrected chi connectivity index (χ3v) is 2.54. The molecule has 6 heteroatoms. The van der Waals surface area contributed by atoms with Crippen molar-refractivity contribution < 1.29 is 19.1 Å². The Hall–Kier alpha value is -2.11. The van der Waals surface area contributed by atoms with Crippen molar-refractivity contribution >= 4 is 12.4 Å². The molecule has 110 valence electrons. The van der Waals surface area contributed by atoms with Gasteiger partial charge in [-0.05, 0) is 32.4 Å². The fourth-order valence-electron chi connectivity index (χ4n) is 1.56. The molecule has 0 saturated carbocycles. The predicted octanol–water partition coefficient (Wildman–Crippen LogP) is 2.20. The van der Waals surface area contributed by atoms with Crippen LogP contribution in [0.2, 0.25) is 0 Å². The summed E-state index contributed by atoms with van der Waals surface area (Å²) in [7, 11) is 3.00. The molecule has 0 spiro atoms. The number of nitrogens with zero attached hydrogens (tertiary/aromatic N) is 2. The van der Waals surface area contributed by atoms with Gasteiger partial charge >= 0.3 is 6.09 Å². The maximum absolute atomic E-state index is 12.0. The van der Waals surface area contributed by atoms with Crippen LogP contribution in [-0.4, -0.2) is 42.0 Å². The summed E-state index contributed by atoms with van der Waals surface area (Å²) in [5, 5.41) is 0. The molecule has 1 atom stereocenters. The molecule has 0 aliphatic carbocycles. The van der Waals surface area contributed by atoms with Crippen LogP contribution in [0.25, 0.3) is 0 Å². The lowest BCUT2D eigenvalue weighted by Gasteiger charge is -2.28. The van der Waals surface area contributed by atoms with E-state index in [1.165, 1.54) is 25.3 Å². The molecule has 0 aromatic carbocycles. The first kappa shape index (κ1) is 15.9. The molecule has 1 aromatic heterocycles. The highest BCUT2D eigenvalue weighted by molar-refractivity contribution is 5.74. The Morgan fingerprint density at radius 2 is 2.10 bits per heavy atom. The number of hydrogen-bond acceptors (Lipinski definition) is 5. The molecule has 1 heterocycles. The van der Waals surface area contributed by atoms with E-state index in [1.807, 2.05) is 0 Å². The van der Waals surface area contributed by atoms with Crippen LogP contribution in [0.15, 0.2) is 18.3 Å². The molecule has 0 aliphatic rings. The van der Waals surface area contributed by atoms with Gasteiger partial charge in [0.25, 0.3) is 0 Å². The average Bonchev–Trinajstić information content (AvgIpc) is 2.37. The van der Waals surface area contributed by atoms with E-state index in [9.17, 15) is 9.59 Å². The summed E-state index contributed by atoms with van der Waals surface area (Å²) in [6.45, 7) is 5.30. The van der Waals surface area contributed by atoms with E-state index in [1.54, 1.807) is 32.9 Å². The van der Waals surface area contributed by atoms with Crippen molar-refractivity contribution in [1.82, 2.24) is 9.88 Å². The number of ether oxygens (including phenoxy) is 2. The molecule has 0 saturated heterocycles. The fraction of sp³-hybridized carbons (Fsp3) is 0.500. The van der Waals surface area contributed by atoms with Crippen LogP contribution < -0.4 is 4.74 Å². The number of likely N-dealkylation sites (N-methyl/N-ethyl adjacent to an activating group) is 1. The predicted molar refractivity (Wildman–Crippen MR) is 73.6 cm³/mol. The lowest BCUT2D eigenvalue weighted by Crippen LogP contribution is -2.37. The largest absolute Gasteiger partial charge is 0.481 e. The zero-order chi connectivity index (χ0) is 15.3. The minimum atomic E-state index is -0.748. The second-order valence-electron chi connectivity index (χ2n) is 5.30. The Morgan fingerprint density at radius 3 is 2.60 bits per heavy atom. The molecule has 1 aromatic rings. The van der Waals surface area contributed by atoms with E-state index in [0.717, 1.165) is 0 Å². The van der Waals surface area contributed by atoms with Crippen molar-refractivity contribution in [2.45, 2.75) is 32.4 Å². The van der Waals surface area contributed by atoms with Crippen LogP contribution in [0.1, 0.15) is 32.4 Å². The third-order valence-electron chi connectivity index (χ3n) is 2.54. The summed E-state index contributed by atoms with van der Waals surface area (Å²) < 4.78 is 10.3. The van der Waals surface area contributed by atoms with Gasteiger partial charge in [0, 0.05) is 19.3 Å². The molecule has 1 rings (SSSR count). The Balaban J connectivity index is 2.94. The standard InChI is InChI=1S/C14H20N2O4/c1-14(2,3)20-13(18)16(4)11(9-17)10-6-7-15-12(8-10)19-5/h6-9,11H,1-5H3. The summed E-state index contributed by atoms with van der Waals surface area (Å²) in [4.78, 5) is 28.5. The van der Waals surface area contributed by atoms with Gasteiger partial charge in [-0.3, -0.25) is 4.90 Å². The second-order valence-corrected chi connectivity index (χ2v) is 5.30. The van der Waals surface area contributed by atoms with Crippen molar-refractivity contribution in [1.29, 1.82) is 0 Å².